The Morgan fingerprint density at radius 1 is 1.22 bits per heavy atom. The fourth-order valence-corrected chi connectivity index (χ4v) is 1.12. The van der Waals surface area contributed by atoms with Crippen molar-refractivity contribution in [3.05, 3.63) is 11.3 Å². The second-order valence-electron chi connectivity index (χ2n) is 1.94. The molecule has 1 rings (SSSR count). The second-order valence-corrected chi connectivity index (χ2v) is 2.79. The van der Waals surface area contributed by atoms with Crippen LogP contribution in [0.15, 0.2) is 14.4 Å². The zero-order chi connectivity index (χ0) is 7.02. The number of thiol groups is 2. The SMILES string of the molecule is Cc1oc(S)c(C)c1S. The largest absolute Gasteiger partial charge is 0.454 e. The van der Waals surface area contributed by atoms with Crippen molar-refractivity contribution < 1.29 is 4.42 Å². The fraction of sp³-hybridized carbons (Fsp3) is 0.333. The maximum Gasteiger partial charge on any atom is 0.161 e. The summed E-state index contributed by atoms with van der Waals surface area (Å²) in [5, 5.41) is 0.664. The van der Waals surface area contributed by atoms with Crippen molar-refractivity contribution >= 4 is 25.3 Å². The first-order valence-corrected chi connectivity index (χ1v) is 3.50. The minimum Gasteiger partial charge on any atom is -0.454 e. The van der Waals surface area contributed by atoms with Gasteiger partial charge in [0.05, 0.1) is 0 Å². The van der Waals surface area contributed by atoms with Gasteiger partial charge in [-0.25, -0.2) is 0 Å². The first-order valence-electron chi connectivity index (χ1n) is 2.61. The van der Waals surface area contributed by atoms with Crippen molar-refractivity contribution in [2.24, 2.45) is 0 Å². The van der Waals surface area contributed by atoms with Gasteiger partial charge in [0.25, 0.3) is 0 Å². The molecule has 50 valence electrons. The van der Waals surface area contributed by atoms with E-state index in [9.17, 15) is 0 Å². The molecule has 0 saturated carbocycles. The number of hydrogen-bond donors (Lipinski definition) is 2. The van der Waals surface area contributed by atoms with Gasteiger partial charge in [0.1, 0.15) is 5.76 Å². The molecule has 9 heavy (non-hydrogen) atoms. The normalized spacial score (nSPS) is 10.2. The number of aryl methyl sites for hydroxylation is 1. The molecular weight excluding hydrogens is 152 g/mol. The zero-order valence-corrected chi connectivity index (χ0v) is 7.09. The molecule has 1 heterocycles. The Kier molecular flexibility index (Phi) is 1.82. The molecule has 0 N–H and O–H groups in total. The van der Waals surface area contributed by atoms with Crippen LogP contribution < -0.4 is 0 Å². The van der Waals surface area contributed by atoms with Crippen LogP contribution in [0.25, 0.3) is 0 Å². The van der Waals surface area contributed by atoms with Gasteiger partial charge >= 0.3 is 0 Å². The first-order chi connectivity index (χ1) is 4.13. The Bertz CT molecular complexity index is 205. The maximum absolute atomic E-state index is 5.13. The van der Waals surface area contributed by atoms with Crippen LogP contribution in [0, 0.1) is 13.8 Å². The van der Waals surface area contributed by atoms with E-state index < -0.39 is 0 Å². The molecule has 0 aliphatic heterocycles. The third-order valence-corrected chi connectivity index (χ3v) is 2.34. The Labute approximate surface area is 65.3 Å². The van der Waals surface area contributed by atoms with E-state index in [0.29, 0.717) is 5.09 Å². The van der Waals surface area contributed by atoms with E-state index in [1.54, 1.807) is 0 Å². The molecule has 0 amide bonds. The number of rotatable bonds is 0. The van der Waals surface area contributed by atoms with Gasteiger partial charge in [0, 0.05) is 10.5 Å². The lowest BCUT2D eigenvalue weighted by molar-refractivity contribution is 0.444. The van der Waals surface area contributed by atoms with Crippen molar-refractivity contribution in [1.82, 2.24) is 0 Å². The topological polar surface area (TPSA) is 13.1 Å². The summed E-state index contributed by atoms with van der Waals surface area (Å²) >= 11 is 8.26. The van der Waals surface area contributed by atoms with E-state index in [-0.39, 0.29) is 0 Å². The van der Waals surface area contributed by atoms with Crippen LogP contribution >= 0.6 is 25.3 Å². The van der Waals surface area contributed by atoms with Crippen LogP contribution in [0.3, 0.4) is 0 Å². The van der Waals surface area contributed by atoms with Crippen LogP contribution in [0.5, 0.6) is 0 Å². The summed E-state index contributed by atoms with van der Waals surface area (Å²) in [4.78, 5) is 0.903. The van der Waals surface area contributed by atoms with E-state index in [1.165, 1.54) is 0 Å². The van der Waals surface area contributed by atoms with Crippen molar-refractivity contribution in [3.63, 3.8) is 0 Å². The van der Waals surface area contributed by atoms with Crippen LogP contribution in [0.4, 0.5) is 0 Å². The first kappa shape index (κ1) is 7.09. The molecule has 1 aromatic rings. The lowest BCUT2D eigenvalue weighted by Gasteiger charge is -1.83. The van der Waals surface area contributed by atoms with Gasteiger partial charge in [-0.05, 0) is 13.8 Å². The summed E-state index contributed by atoms with van der Waals surface area (Å²) in [7, 11) is 0. The molecule has 3 heteroatoms. The van der Waals surface area contributed by atoms with Gasteiger partial charge in [-0.2, -0.15) is 0 Å². The van der Waals surface area contributed by atoms with Gasteiger partial charge in [-0.3, -0.25) is 0 Å². The molecule has 1 nitrogen and oxygen atoms in total. The molecule has 0 aliphatic carbocycles. The number of hydrogen-bond acceptors (Lipinski definition) is 3. The summed E-state index contributed by atoms with van der Waals surface area (Å²) in [6.45, 7) is 3.80. The molecule has 0 atom stereocenters. The van der Waals surface area contributed by atoms with Gasteiger partial charge in [0.2, 0.25) is 0 Å². The van der Waals surface area contributed by atoms with E-state index in [2.05, 4.69) is 25.3 Å². The van der Waals surface area contributed by atoms with Crippen molar-refractivity contribution in [1.29, 1.82) is 0 Å². The summed E-state index contributed by atoms with van der Waals surface area (Å²) in [5.74, 6) is 0.834. The average Bonchev–Trinajstić information content (AvgIpc) is 1.98. The van der Waals surface area contributed by atoms with Crippen LogP contribution in [-0.2, 0) is 0 Å². The molecule has 0 unspecified atom stereocenters. The summed E-state index contributed by atoms with van der Waals surface area (Å²) < 4.78 is 5.13. The highest BCUT2D eigenvalue weighted by atomic mass is 32.1. The Hall–Kier alpha value is -0.0200. The quantitative estimate of drug-likeness (QED) is 0.556. The highest BCUT2D eigenvalue weighted by molar-refractivity contribution is 7.81. The minimum absolute atomic E-state index is 0.664. The molecule has 0 aliphatic rings. The highest BCUT2D eigenvalue weighted by Crippen LogP contribution is 2.26. The molecule has 1 aromatic heterocycles. The van der Waals surface area contributed by atoms with E-state index in [0.717, 1.165) is 16.2 Å². The van der Waals surface area contributed by atoms with Gasteiger partial charge < -0.3 is 4.42 Å². The van der Waals surface area contributed by atoms with E-state index in [4.69, 9.17) is 4.42 Å². The van der Waals surface area contributed by atoms with Gasteiger partial charge in [-0.15, -0.1) is 25.3 Å². The third kappa shape index (κ3) is 1.12. The number of furan rings is 1. The minimum atomic E-state index is 0.664. The van der Waals surface area contributed by atoms with E-state index >= 15 is 0 Å². The van der Waals surface area contributed by atoms with Gasteiger partial charge in [-0.1, -0.05) is 0 Å². The predicted octanol–water partition coefficient (Wildman–Crippen LogP) is 2.47. The fourth-order valence-electron chi connectivity index (χ4n) is 0.635. The smallest absolute Gasteiger partial charge is 0.161 e. The van der Waals surface area contributed by atoms with Crippen molar-refractivity contribution in [3.8, 4) is 0 Å². The Morgan fingerprint density at radius 3 is 1.89 bits per heavy atom. The van der Waals surface area contributed by atoms with Crippen LogP contribution in [-0.4, -0.2) is 0 Å². The van der Waals surface area contributed by atoms with E-state index in [1.807, 2.05) is 13.8 Å². The Balaban J connectivity index is 3.29. The third-order valence-electron chi connectivity index (χ3n) is 1.26. The summed E-state index contributed by atoms with van der Waals surface area (Å²) in [5.41, 5.74) is 1.01. The monoisotopic (exact) mass is 160 g/mol. The molecule has 0 radical (unpaired) electrons. The molecule has 0 fully saturated rings. The van der Waals surface area contributed by atoms with Crippen molar-refractivity contribution in [2.45, 2.75) is 23.8 Å². The summed E-state index contributed by atoms with van der Waals surface area (Å²) in [6.07, 6.45) is 0. The van der Waals surface area contributed by atoms with Crippen LogP contribution in [0.1, 0.15) is 11.3 Å². The summed E-state index contributed by atoms with van der Waals surface area (Å²) in [6, 6.07) is 0. The predicted molar refractivity (Wildman–Crippen MR) is 42.7 cm³/mol. The molecule has 0 aromatic carbocycles. The zero-order valence-electron chi connectivity index (χ0n) is 5.30. The maximum atomic E-state index is 5.13. The van der Waals surface area contributed by atoms with Crippen LogP contribution in [0.2, 0.25) is 0 Å². The highest BCUT2D eigenvalue weighted by Gasteiger charge is 2.06. The molecular formula is C6H8OS2. The Morgan fingerprint density at radius 2 is 1.78 bits per heavy atom. The average molecular weight is 160 g/mol. The molecule has 0 bridgehead atoms. The molecule has 0 spiro atoms. The second kappa shape index (κ2) is 2.31. The molecule has 0 saturated heterocycles. The van der Waals surface area contributed by atoms with Gasteiger partial charge in [0.15, 0.2) is 5.09 Å². The lowest BCUT2D eigenvalue weighted by Crippen LogP contribution is -1.66. The lowest BCUT2D eigenvalue weighted by atomic mass is 10.3. The van der Waals surface area contributed by atoms with Crippen molar-refractivity contribution in [2.75, 3.05) is 0 Å². The standard InChI is InChI=1S/C6H8OS2/c1-3-5(8)4(2)7-6(3)9/h8-9H,1-2H3.